The van der Waals surface area contributed by atoms with Crippen LogP contribution in [0.5, 0.6) is 0 Å². The number of benzene rings is 3. The van der Waals surface area contributed by atoms with Gasteiger partial charge in [0.05, 0.1) is 24.5 Å². The minimum absolute atomic E-state index is 0.575. The minimum atomic E-state index is -0.998. The molecular weight excluding hydrogens is 383 g/mol. The van der Waals surface area contributed by atoms with Gasteiger partial charge in [-0.2, -0.15) is 0 Å². The molecule has 136 valence electrons. The first kappa shape index (κ1) is 20.4. The summed E-state index contributed by atoms with van der Waals surface area (Å²) in [7, 11) is 1.39. The van der Waals surface area contributed by atoms with Crippen LogP contribution >= 0.6 is 23.2 Å². The molecule has 0 atom stereocenters. The molecule has 3 aromatic rings. The van der Waals surface area contributed by atoms with Gasteiger partial charge in [0, 0.05) is 16.1 Å². The van der Waals surface area contributed by atoms with Gasteiger partial charge in [-0.25, -0.2) is 4.79 Å². The van der Waals surface area contributed by atoms with Crippen LogP contribution in [0.2, 0.25) is 10.0 Å². The molecule has 1 N–H and O–H groups in total. The summed E-state index contributed by atoms with van der Waals surface area (Å²) < 4.78 is 4.29. The molecule has 3 nitrogen and oxygen atoms in total. The standard InChI is InChI=1S/C18H10Cl2.C4H6O3/c19-17-10-9-15(18(20)12-17)8-6-13-5-7-14-3-1-2-4-16(14)11-13;1-7-3-2-4(5)6/h1-5,7,9-12H;2-3H,1H3,(H,5,6). The summed E-state index contributed by atoms with van der Waals surface area (Å²) >= 11 is 12.0. The van der Waals surface area contributed by atoms with Crippen molar-refractivity contribution in [3.8, 4) is 11.8 Å². The van der Waals surface area contributed by atoms with E-state index in [2.05, 4.69) is 40.8 Å². The number of aliphatic carboxylic acids is 1. The molecule has 0 radical (unpaired) electrons. The molecule has 0 fully saturated rings. The molecule has 5 heteroatoms. The third-order valence-corrected chi connectivity index (χ3v) is 3.92. The van der Waals surface area contributed by atoms with Gasteiger partial charge in [0.25, 0.3) is 0 Å². The number of rotatable bonds is 2. The number of carbonyl (C=O) groups is 1. The molecule has 0 aliphatic heterocycles. The normalized spacial score (nSPS) is 9.89. The quantitative estimate of drug-likeness (QED) is 0.338. The number of carboxylic acid groups (broad SMARTS) is 1. The van der Waals surface area contributed by atoms with Gasteiger partial charge in [-0.05, 0) is 41.1 Å². The highest BCUT2D eigenvalue weighted by molar-refractivity contribution is 6.35. The van der Waals surface area contributed by atoms with E-state index in [4.69, 9.17) is 28.3 Å². The van der Waals surface area contributed by atoms with Crippen molar-refractivity contribution in [2.24, 2.45) is 0 Å². The Morgan fingerprint density at radius 1 is 1.00 bits per heavy atom. The van der Waals surface area contributed by atoms with Crippen LogP contribution in [-0.4, -0.2) is 18.2 Å². The predicted molar refractivity (Wildman–Crippen MR) is 110 cm³/mol. The molecule has 0 unspecified atom stereocenters. The third-order valence-electron chi connectivity index (χ3n) is 3.37. The second-order valence-electron chi connectivity index (χ2n) is 5.31. The van der Waals surface area contributed by atoms with Crippen molar-refractivity contribution in [1.29, 1.82) is 0 Å². The van der Waals surface area contributed by atoms with Gasteiger partial charge in [-0.3, -0.25) is 0 Å². The average molecular weight is 399 g/mol. The SMILES string of the molecule is COC=CC(=O)O.Clc1ccc(C#Cc2ccc3ccccc3c2)c(Cl)c1. The molecule has 0 aliphatic carbocycles. The Balaban J connectivity index is 0.000000321. The van der Waals surface area contributed by atoms with Crippen LogP contribution in [0, 0.1) is 11.8 Å². The monoisotopic (exact) mass is 398 g/mol. The zero-order valence-electron chi connectivity index (χ0n) is 14.4. The molecular formula is C22H16Cl2O3. The van der Waals surface area contributed by atoms with Gasteiger partial charge in [0.2, 0.25) is 0 Å². The predicted octanol–water partition coefficient (Wildman–Crippen LogP) is 5.78. The van der Waals surface area contributed by atoms with E-state index in [0.29, 0.717) is 10.0 Å². The number of hydrogen-bond donors (Lipinski definition) is 1. The van der Waals surface area contributed by atoms with E-state index in [0.717, 1.165) is 23.5 Å². The molecule has 0 saturated heterocycles. The van der Waals surface area contributed by atoms with Crippen molar-refractivity contribution in [3.63, 3.8) is 0 Å². The van der Waals surface area contributed by atoms with Crippen LogP contribution in [0.15, 0.2) is 73.0 Å². The Morgan fingerprint density at radius 2 is 1.74 bits per heavy atom. The zero-order valence-corrected chi connectivity index (χ0v) is 16.0. The number of methoxy groups -OCH3 is 1. The lowest BCUT2D eigenvalue weighted by Gasteiger charge is -1.98. The van der Waals surface area contributed by atoms with Crippen molar-refractivity contribution < 1.29 is 14.6 Å². The summed E-state index contributed by atoms with van der Waals surface area (Å²) in [6.45, 7) is 0. The summed E-state index contributed by atoms with van der Waals surface area (Å²) in [6, 6.07) is 19.7. The van der Waals surface area contributed by atoms with Gasteiger partial charge in [0.1, 0.15) is 0 Å². The van der Waals surface area contributed by atoms with Crippen molar-refractivity contribution in [2.45, 2.75) is 0 Å². The molecule has 0 aromatic heterocycles. The van der Waals surface area contributed by atoms with E-state index in [1.165, 1.54) is 17.9 Å². The van der Waals surface area contributed by atoms with Crippen molar-refractivity contribution in [2.75, 3.05) is 7.11 Å². The lowest BCUT2D eigenvalue weighted by Crippen LogP contribution is -1.85. The summed E-state index contributed by atoms with van der Waals surface area (Å²) in [6.07, 6.45) is 2.02. The lowest BCUT2D eigenvalue weighted by atomic mass is 10.1. The highest BCUT2D eigenvalue weighted by Crippen LogP contribution is 2.20. The molecule has 0 aliphatic rings. The third kappa shape index (κ3) is 6.71. The zero-order chi connectivity index (χ0) is 19.6. The summed E-state index contributed by atoms with van der Waals surface area (Å²) in [4.78, 5) is 9.59. The van der Waals surface area contributed by atoms with Crippen LogP contribution in [0.1, 0.15) is 11.1 Å². The Morgan fingerprint density at radius 3 is 2.37 bits per heavy atom. The van der Waals surface area contributed by atoms with Crippen LogP contribution < -0.4 is 0 Å². The van der Waals surface area contributed by atoms with E-state index < -0.39 is 5.97 Å². The van der Waals surface area contributed by atoms with Gasteiger partial charge in [0.15, 0.2) is 0 Å². The number of carboxylic acids is 1. The maximum atomic E-state index is 9.59. The molecule has 27 heavy (non-hydrogen) atoms. The van der Waals surface area contributed by atoms with Crippen LogP contribution in [0.3, 0.4) is 0 Å². The van der Waals surface area contributed by atoms with E-state index in [-0.39, 0.29) is 0 Å². The number of hydrogen-bond acceptors (Lipinski definition) is 2. The van der Waals surface area contributed by atoms with E-state index in [1.54, 1.807) is 12.1 Å². The van der Waals surface area contributed by atoms with E-state index in [9.17, 15) is 4.79 Å². The fourth-order valence-electron chi connectivity index (χ4n) is 2.12. The second kappa shape index (κ2) is 10.3. The number of ether oxygens (including phenoxy) is 1. The maximum Gasteiger partial charge on any atom is 0.331 e. The largest absolute Gasteiger partial charge is 0.504 e. The maximum absolute atomic E-state index is 9.59. The van der Waals surface area contributed by atoms with Crippen molar-refractivity contribution in [3.05, 3.63) is 94.2 Å². The second-order valence-corrected chi connectivity index (χ2v) is 6.16. The first-order valence-corrected chi connectivity index (χ1v) is 8.63. The Hall–Kier alpha value is -2.93. The summed E-state index contributed by atoms with van der Waals surface area (Å²) in [5.41, 5.74) is 1.75. The topological polar surface area (TPSA) is 46.5 Å². The Kier molecular flexibility index (Phi) is 7.76. The van der Waals surface area contributed by atoms with Gasteiger partial charge >= 0.3 is 5.97 Å². The van der Waals surface area contributed by atoms with Gasteiger partial charge in [-0.15, -0.1) is 0 Å². The van der Waals surface area contributed by atoms with Crippen LogP contribution in [-0.2, 0) is 9.53 Å². The fraction of sp³-hybridized carbons (Fsp3) is 0.0455. The summed E-state index contributed by atoms with van der Waals surface area (Å²) in [5, 5.41) is 11.5. The molecule has 0 bridgehead atoms. The van der Waals surface area contributed by atoms with Crippen LogP contribution in [0.4, 0.5) is 0 Å². The molecule has 0 heterocycles. The molecule has 3 rings (SSSR count). The van der Waals surface area contributed by atoms with Gasteiger partial charge < -0.3 is 9.84 Å². The first-order valence-electron chi connectivity index (χ1n) is 7.88. The highest BCUT2D eigenvalue weighted by atomic mass is 35.5. The van der Waals surface area contributed by atoms with Crippen molar-refractivity contribution in [1.82, 2.24) is 0 Å². The molecule has 3 aromatic carbocycles. The van der Waals surface area contributed by atoms with Gasteiger partial charge in [-0.1, -0.05) is 65.4 Å². The van der Waals surface area contributed by atoms with E-state index in [1.807, 2.05) is 24.3 Å². The first-order chi connectivity index (χ1) is 13.0. The molecule has 0 spiro atoms. The highest BCUT2D eigenvalue weighted by Gasteiger charge is 1.98. The smallest absolute Gasteiger partial charge is 0.331 e. The van der Waals surface area contributed by atoms with E-state index >= 15 is 0 Å². The number of fused-ring (bicyclic) bond motifs is 1. The molecule has 0 saturated carbocycles. The Labute approximate surface area is 167 Å². The molecule has 0 amide bonds. The lowest BCUT2D eigenvalue weighted by molar-refractivity contribution is -0.131. The fourth-order valence-corrected chi connectivity index (χ4v) is 2.58. The van der Waals surface area contributed by atoms with Crippen LogP contribution in [0.25, 0.3) is 10.8 Å². The summed E-state index contributed by atoms with van der Waals surface area (Å²) in [5.74, 6) is 5.22. The Bertz CT molecular complexity index is 1030. The minimum Gasteiger partial charge on any atom is -0.504 e. The number of halogens is 2. The average Bonchev–Trinajstić information content (AvgIpc) is 2.66. The van der Waals surface area contributed by atoms with Crippen molar-refractivity contribution >= 4 is 39.9 Å².